The van der Waals surface area contributed by atoms with Crippen LogP contribution >= 0.6 is 0 Å². The van der Waals surface area contributed by atoms with Gasteiger partial charge in [0.05, 0.1) is 43.1 Å². The largest absolute Gasteiger partial charge is 0.494 e. The number of nitriles is 2. The summed E-state index contributed by atoms with van der Waals surface area (Å²) in [5, 5.41) is 17.5. The first-order chi connectivity index (χ1) is 30.1. The molecule has 3 fully saturated rings. The zero-order chi connectivity index (χ0) is 44.5. The minimum atomic E-state index is 0.181. The quantitative estimate of drug-likeness (QED) is 0.0914. The Labute approximate surface area is 375 Å². The van der Waals surface area contributed by atoms with Crippen LogP contribution in [0.25, 0.3) is 0 Å². The molecule has 9 nitrogen and oxygen atoms in total. The number of benzene rings is 3. The van der Waals surface area contributed by atoms with E-state index in [0.29, 0.717) is 23.6 Å². The minimum Gasteiger partial charge on any atom is -0.494 e. The first-order valence-corrected chi connectivity index (χ1v) is 23.8. The maximum absolute atomic E-state index is 11.5. The van der Waals surface area contributed by atoms with E-state index in [9.17, 15) is 4.79 Å². The number of rotatable bonds is 18. The number of nitrogens with zero attached hydrogens (tertiary/aromatic N) is 5. The Morgan fingerprint density at radius 2 is 1.06 bits per heavy atom. The van der Waals surface area contributed by atoms with E-state index in [4.69, 9.17) is 24.7 Å². The van der Waals surface area contributed by atoms with Crippen LogP contribution in [0.15, 0.2) is 72.8 Å². The standard InChI is InChI=1S/C18H26N2O.C18H27NO2.C17H24N2O/c1-3-16-6-5-15(2)20(14-16)11-4-12-21-18-9-7-17(13-19)8-10-18;1-3-18(20)16-5-7-17(8-6-16)21-14-4-11-19-12-9-15(2)10-13-19;1-14-10-15(2)13-19(12-14)8-3-9-20-17-6-4-16(11-18)5-7-17/h7-10,15-16H,3-6,11-12,14H2,1-2H3;5-8,15H,3-4,9-14H2,1-2H3;4-7,14-15H,3,8-10,12-13H2,1-2H3/t15-,16-;;14-,15+/m0../s1. The molecule has 3 saturated heterocycles. The fraction of sp³-hybridized carbons (Fsp3) is 0.604. The minimum absolute atomic E-state index is 0.181. The lowest BCUT2D eigenvalue weighted by molar-refractivity contribution is 0.0988. The van der Waals surface area contributed by atoms with Crippen molar-refractivity contribution in [2.75, 3.05) is 72.2 Å². The number of hydrogen-bond donors (Lipinski definition) is 0. The molecule has 6 rings (SSSR count). The van der Waals surface area contributed by atoms with E-state index in [1.165, 1.54) is 71.2 Å². The van der Waals surface area contributed by atoms with E-state index >= 15 is 0 Å². The van der Waals surface area contributed by atoms with Crippen LogP contribution in [-0.2, 0) is 0 Å². The summed E-state index contributed by atoms with van der Waals surface area (Å²) >= 11 is 0. The van der Waals surface area contributed by atoms with Crippen molar-refractivity contribution in [2.45, 2.75) is 112 Å². The molecule has 62 heavy (non-hydrogen) atoms. The van der Waals surface area contributed by atoms with Crippen molar-refractivity contribution in [3.8, 4) is 29.4 Å². The zero-order valence-electron chi connectivity index (χ0n) is 39.0. The van der Waals surface area contributed by atoms with Crippen LogP contribution in [0.1, 0.15) is 127 Å². The van der Waals surface area contributed by atoms with Crippen molar-refractivity contribution in [1.29, 1.82) is 10.5 Å². The molecule has 4 atom stereocenters. The van der Waals surface area contributed by atoms with E-state index in [2.05, 4.69) is 61.5 Å². The molecule has 0 radical (unpaired) electrons. The normalized spacial score (nSPS) is 20.9. The summed E-state index contributed by atoms with van der Waals surface area (Å²) in [5.41, 5.74) is 2.12. The predicted molar refractivity (Wildman–Crippen MR) is 252 cm³/mol. The van der Waals surface area contributed by atoms with Crippen molar-refractivity contribution in [1.82, 2.24) is 14.7 Å². The highest BCUT2D eigenvalue weighted by Gasteiger charge is 2.24. The first kappa shape index (κ1) is 50.2. The van der Waals surface area contributed by atoms with Gasteiger partial charge in [0.1, 0.15) is 17.2 Å². The molecule has 0 unspecified atom stereocenters. The number of hydrogen-bond acceptors (Lipinski definition) is 9. The molecular weight excluding hydrogens is 771 g/mol. The van der Waals surface area contributed by atoms with Gasteiger partial charge in [-0.3, -0.25) is 4.79 Å². The monoisotopic (exact) mass is 848 g/mol. The number of piperidine rings is 3. The maximum Gasteiger partial charge on any atom is 0.162 e. The van der Waals surface area contributed by atoms with Crippen LogP contribution in [0.2, 0.25) is 0 Å². The van der Waals surface area contributed by atoms with Crippen LogP contribution < -0.4 is 14.2 Å². The molecule has 0 saturated carbocycles. The second-order valence-electron chi connectivity index (χ2n) is 18.1. The topological polar surface area (TPSA) is 102 Å². The predicted octanol–water partition coefficient (Wildman–Crippen LogP) is 10.9. The third-order valence-electron chi connectivity index (χ3n) is 12.6. The third kappa shape index (κ3) is 18.9. The molecule has 3 aromatic carbocycles. The van der Waals surface area contributed by atoms with Crippen LogP contribution in [0.3, 0.4) is 0 Å². The van der Waals surface area contributed by atoms with Gasteiger partial charge in [-0.25, -0.2) is 0 Å². The smallest absolute Gasteiger partial charge is 0.162 e. The van der Waals surface area contributed by atoms with Gasteiger partial charge in [-0.1, -0.05) is 41.0 Å². The van der Waals surface area contributed by atoms with Crippen molar-refractivity contribution in [2.24, 2.45) is 23.7 Å². The Bertz CT molecular complexity index is 1750. The average molecular weight is 848 g/mol. The molecule has 0 N–H and O–H groups in total. The molecule has 0 aromatic heterocycles. The number of Topliss-reactive ketones (excluding diaryl/α,β-unsaturated/α-hetero) is 1. The molecule has 3 aliphatic rings. The number of ketones is 1. The number of likely N-dealkylation sites (tertiary alicyclic amines) is 3. The van der Waals surface area contributed by atoms with Gasteiger partial charge in [-0.15, -0.1) is 0 Å². The molecule has 0 spiro atoms. The average Bonchev–Trinajstić information content (AvgIpc) is 3.29. The van der Waals surface area contributed by atoms with Gasteiger partial charge in [0, 0.05) is 57.3 Å². The lowest BCUT2D eigenvalue weighted by Gasteiger charge is -2.37. The summed E-state index contributed by atoms with van der Waals surface area (Å²) in [5.74, 6) is 6.14. The van der Waals surface area contributed by atoms with Crippen molar-refractivity contribution in [3.05, 3.63) is 89.5 Å². The van der Waals surface area contributed by atoms with Gasteiger partial charge in [-0.05, 0) is 168 Å². The van der Waals surface area contributed by atoms with E-state index in [-0.39, 0.29) is 5.78 Å². The molecule has 0 bridgehead atoms. The fourth-order valence-corrected chi connectivity index (χ4v) is 8.77. The van der Waals surface area contributed by atoms with Gasteiger partial charge < -0.3 is 28.9 Å². The molecule has 3 aromatic rings. The Morgan fingerprint density at radius 1 is 0.597 bits per heavy atom. The van der Waals surface area contributed by atoms with Crippen LogP contribution in [0, 0.1) is 46.3 Å². The van der Waals surface area contributed by atoms with Crippen molar-refractivity contribution < 1.29 is 19.0 Å². The van der Waals surface area contributed by atoms with Crippen LogP contribution in [-0.4, -0.2) is 98.7 Å². The van der Waals surface area contributed by atoms with Gasteiger partial charge in [0.25, 0.3) is 0 Å². The lowest BCUT2D eigenvalue weighted by atomic mass is 9.91. The summed E-state index contributed by atoms with van der Waals surface area (Å²) in [4.78, 5) is 19.2. The summed E-state index contributed by atoms with van der Waals surface area (Å²) in [6.45, 7) is 25.3. The molecule has 0 aliphatic carbocycles. The molecule has 3 aliphatic heterocycles. The Morgan fingerprint density at radius 3 is 1.53 bits per heavy atom. The summed E-state index contributed by atoms with van der Waals surface area (Å²) in [6.07, 6.45) is 11.7. The van der Waals surface area contributed by atoms with Gasteiger partial charge in [-0.2, -0.15) is 10.5 Å². The summed E-state index contributed by atoms with van der Waals surface area (Å²) in [7, 11) is 0. The number of carbonyl (C=O) groups excluding carboxylic acids is 1. The fourth-order valence-electron chi connectivity index (χ4n) is 8.77. The second kappa shape index (κ2) is 28.3. The van der Waals surface area contributed by atoms with Crippen molar-refractivity contribution in [3.63, 3.8) is 0 Å². The highest BCUT2D eigenvalue weighted by molar-refractivity contribution is 5.95. The SMILES string of the molecule is CCC(=O)c1ccc(OCCCN2CCC(C)CC2)cc1.CC[C@H]1CC[C@H](C)N(CCCOc2ccc(C#N)cc2)C1.C[C@@H]1C[C@H](C)CN(CCCOc2ccc(C#N)cc2)C1. The number of ether oxygens (including phenoxy) is 3. The highest BCUT2D eigenvalue weighted by atomic mass is 16.5. The van der Waals surface area contributed by atoms with E-state index < -0.39 is 0 Å². The molecule has 9 heteroatoms. The number of carbonyl (C=O) groups is 1. The summed E-state index contributed by atoms with van der Waals surface area (Å²) < 4.78 is 17.2. The third-order valence-corrected chi connectivity index (χ3v) is 12.6. The Kier molecular flexibility index (Phi) is 22.9. The first-order valence-electron chi connectivity index (χ1n) is 23.8. The maximum atomic E-state index is 11.5. The zero-order valence-corrected chi connectivity index (χ0v) is 39.0. The summed E-state index contributed by atoms with van der Waals surface area (Å²) in [6, 6.07) is 27.1. The Hall–Kier alpha value is -4.41. The molecule has 338 valence electrons. The second-order valence-corrected chi connectivity index (χ2v) is 18.1. The highest BCUT2D eigenvalue weighted by Crippen LogP contribution is 2.25. The van der Waals surface area contributed by atoms with Gasteiger partial charge in [0.15, 0.2) is 5.78 Å². The van der Waals surface area contributed by atoms with E-state index in [0.717, 1.165) is 105 Å². The van der Waals surface area contributed by atoms with Gasteiger partial charge in [0.2, 0.25) is 0 Å². The van der Waals surface area contributed by atoms with E-state index in [1.807, 2.05) is 55.5 Å². The van der Waals surface area contributed by atoms with E-state index in [1.54, 1.807) is 24.3 Å². The molecular formula is C53H77N5O4. The Balaban J connectivity index is 0.000000205. The van der Waals surface area contributed by atoms with Crippen LogP contribution in [0.4, 0.5) is 0 Å². The van der Waals surface area contributed by atoms with Crippen molar-refractivity contribution >= 4 is 5.78 Å². The van der Waals surface area contributed by atoms with Gasteiger partial charge >= 0.3 is 0 Å². The molecule has 0 amide bonds. The molecule has 3 heterocycles. The van der Waals surface area contributed by atoms with Crippen LogP contribution in [0.5, 0.6) is 17.2 Å². The lowest BCUT2D eigenvalue weighted by Crippen LogP contribution is -2.42.